The van der Waals surface area contributed by atoms with Crippen molar-refractivity contribution in [2.45, 2.75) is 25.9 Å². The van der Waals surface area contributed by atoms with Crippen molar-refractivity contribution < 1.29 is 23.8 Å². The molecule has 1 aromatic heterocycles. The molecule has 0 saturated carbocycles. The number of carboxylic acid groups (broad SMARTS) is 1. The molecule has 2 atom stereocenters. The minimum absolute atomic E-state index is 0.0229. The van der Waals surface area contributed by atoms with Gasteiger partial charge < -0.3 is 14.7 Å². The molecule has 0 spiro atoms. The number of carbonyl (C=O) groups is 2. The normalized spacial score (nSPS) is 16.8. The Labute approximate surface area is 189 Å². The minimum atomic E-state index is -0.849. The number of fused-ring (bicyclic) bond motifs is 1. The number of carboxylic acids is 1. The number of likely N-dealkylation sites (tertiary alicyclic amines) is 1. The molecule has 0 radical (unpaired) electrons. The van der Waals surface area contributed by atoms with E-state index < -0.39 is 17.9 Å². The van der Waals surface area contributed by atoms with Crippen LogP contribution in [0.4, 0.5) is 4.39 Å². The van der Waals surface area contributed by atoms with E-state index in [1.165, 1.54) is 12.1 Å². The van der Waals surface area contributed by atoms with E-state index in [-0.39, 0.29) is 18.2 Å². The van der Waals surface area contributed by atoms with E-state index in [1.54, 1.807) is 36.2 Å². The van der Waals surface area contributed by atoms with Gasteiger partial charge in [0.15, 0.2) is 6.10 Å². The molecule has 1 fully saturated rings. The van der Waals surface area contributed by atoms with Gasteiger partial charge in [-0.3, -0.25) is 14.6 Å². The molecule has 3 aromatic rings. The van der Waals surface area contributed by atoms with E-state index in [0.29, 0.717) is 41.4 Å². The fourth-order valence-electron chi connectivity index (χ4n) is 4.10. The maximum atomic E-state index is 13.4. The number of ether oxygens (including phenoxy) is 1. The zero-order chi connectivity index (χ0) is 22.8. The van der Waals surface area contributed by atoms with Gasteiger partial charge in [-0.15, -0.1) is 0 Å². The lowest BCUT2D eigenvalue weighted by molar-refractivity contribution is -0.139. The topological polar surface area (TPSA) is 79.7 Å². The molecule has 6 nitrogen and oxygen atoms in total. The highest BCUT2D eigenvalue weighted by Gasteiger charge is 2.31. The molecule has 166 valence electrons. The van der Waals surface area contributed by atoms with Gasteiger partial charge in [0.2, 0.25) is 0 Å². The number of rotatable bonds is 6. The number of hydrogen-bond acceptors (Lipinski definition) is 4. The Bertz CT molecular complexity index is 1190. The lowest BCUT2D eigenvalue weighted by atomic mass is 10.0. The van der Waals surface area contributed by atoms with Gasteiger partial charge in [0.1, 0.15) is 11.6 Å². The average molecular weight is 457 g/mol. The van der Waals surface area contributed by atoms with Gasteiger partial charge in [0, 0.05) is 42.7 Å². The van der Waals surface area contributed by atoms with Crippen LogP contribution in [0.15, 0.2) is 48.7 Å². The van der Waals surface area contributed by atoms with E-state index in [2.05, 4.69) is 4.98 Å². The van der Waals surface area contributed by atoms with Crippen LogP contribution in [0, 0.1) is 11.7 Å². The summed E-state index contributed by atoms with van der Waals surface area (Å²) in [5.41, 5.74) is 2.17. The third-order valence-electron chi connectivity index (χ3n) is 5.66. The van der Waals surface area contributed by atoms with E-state index in [4.69, 9.17) is 21.4 Å². The van der Waals surface area contributed by atoms with Crippen LogP contribution in [0.3, 0.4) is 0 Å². The van der Waals surface area contributed by atoms with Crippen molar-refractivity contribution in [2.24, 2.45) is 5.92 Å². The number of aromatic nitrogens is 1. The maximum Gasteiger partial charge on any atom is 0.303 e. The summed E-state index contributed by atoms with van der Waals surface area (Å²) < 4.78 is 19.3. The molecule has 2 aromatic carbocycles. The van der Waals surface area contributed by atoms with Crippen LogP contribution in [0.1, 0.15) is 19.8 Å². The number of pyridine rings is 1. The number of benzene rings is 2. The molecule has 0 bridgehead atoms. The second-order valence-corrected chi connectivity index (χ2v) is 8.37. The first-order chi connectivity index (χ1) is 15.3. The molecule has 1 amide bonds. The second kappa shape index (κ2) is 9.12. The second-order valence-electron chi connectivity index (χ2n) is 7.96. The predicted octanol–water partition coefficient (Wildman–Crippen LogP) is 4.78. The Morgan fingerprint density at radius 3 is 2.81 bits per heavy atom. The van der Waals surface area contributed by atoms with Crippen molar-refractivity contribution in [1.29, 1.82) is 0 Å². The number of halogens is 2. The number of amides is 1. The molecule has 1 aliphatic heterocycles. The summed E-state index contributed by atoms with van der Waals surface area (Å²) in [6, 6.07) is 11.4. The zero-order valence-electron chi connectivity index (χ0n) is 17.4. The van der Waals surface area contributed by atoms with E-state index in [1.807, 2.05) is 12.1 Å². The highest BCUT2D eigenvalue weighted by Crippen LogP contribution is 2.34. The predicted molar refractivity (Wildman–Crippen MR) is 119 cm³/mol. The van der Waals surface area contributed by atoms with Gasteiger partial charge in [-0.05, 0) is 61.2 Å². The van der Waals surface area contributed by atoms with E-state index in [0.717, 1.165) is 10.9 Å². The van der Waals surface area contributed by atoms with Crippen molar-refractivity contribution in [3.63, 3.8) is 0 Å². The SMILES string of the molecule is CC(Oc1ccc2c(-c3ccc(F)cc3Cl)ccnc2c1)C(=O)N1CC[C@H](CC(=O)O)C1. The quantitative estimate of drug-likeness (QED) is 0.577. The fraction of sp³-hybridized carbons (Fsp3) is 0.292. The smallest absolute Gasteiger partial charge is 0.303 e. The van der Waals surface area contributed by atoms with Gasteiger partial charge in [-0.25, -0.2) is 4.39 Å². The Morgan fingerprint density at radius 1 is 1.25 bits per heavy atom. The number of nitrogens with zero attached hydrogens (tertiary/aromatic N) is 2. The molecule has 32 heavy (non-hydrogen) atoms. The first-order valence-corrected chi connectivity index (χ1v) is 10.7. The molecule has 1 unspecified atom stereocenters. The molecule has 8 heteroatoms. The summed E-state index contributed by atoms with van der Waals surface area (Å²) in [7, 11) is 0. The standard InChI is InChI=1S/C24H22ClFN2O4/c1-14(24(31)28-9-7-15(13-28)10-23(29)30)32-17-3-5-20-18(6-8-27-22(20)12-17)19-4-2-16(26)11-21(19)25/h2-6,8,11-12,14-15H,7,9-10,13H2,1H3,(H,29,30)/t14?,15-/m1/s1. The van der Waals surface area contributed by atoms with E-state index >= 15 is 0 Å². The van der Waals surface area contributed by atoms with Crippen LogP contribution in [0.5, 0.6) is 5.75 Å². The Kier molecular flexibility index (Phi) is 6.28. The van der Waals surface area contributed by atoms with Crippen molar-refractivity contribution in [1.82, 2.24) is 9.88 Å². The lowest BCUT2D eigenvalue weighted by Crippen LogP contribution is -2.39. The van der Waals surface area contributed by atoms with Gasteiger partial charge >= 0.3 is 5.97 Å². The van der Waals surface area contributed by atoms with Crippen LogP contribution in [0.25, 0.3) is 22.0 Å². The maximum absolute atomic E-state index is 13.4. The summed E-state index contributed by atoms with van der Waals surface area (Å²) in [4.78, 5) is 29.7. The lowest BCUT2D eigenvalue weighted by Gasteiger charge is -2.22. The van der Waals surface area contributed by atoms with Crippen LogP contribution in [-0.4, -0.2) is 46.1 Å². The largest absolute Gasteiger partial charge is 0.481 e. The zero-order valence-corrected chi connectivity index (χ0v) is 18.2. The Hall–Kier alpha value is -3.19. The summed E-state index contributed by atoms with van der Waals surface area (Å²) >= 11 is 6.24. The highest BCUT2D eigenvalue weighted by molar-refractivity contribution is 6.33. The molecule has 1 aliphatic rings. The molecule has 1 N–H and O–H groups in total. The third-order valence-corrected chi connectivity index (χ3v) is 5.97. The fourth-order valence-corrected chi connectivity index (χ4v) is 4.37. The summed E-state index contributed by atoms with van der Waals surface area (Å²) in [5, 5.41) is 10.1. The molecular weight excluding hydrogens is 435 g/mol. The molecule has 0 aliphatic carbocycles. The number of carbonyl (C=O) groups excluding carboxylic acids is 1. The third kappa shape index (κ3) is 4.67. The molecule has 1 saturated heterocycles. The summed E-state index contributed by atoms with van der Waals surface area (Å²) in [6.45, 7) is 2.64. The first kappa shape index (κ1) is 22.0. The van der Waals surface area contributed by atoms with Gasteiger partial charge in [0.25, 0.3) is 5.91 Å². The van der Waals surface area contributed by atoms with Crippen molar-refractivity contribution in [3.8, 4) is 16.9 Å². The highest BCUT2D eigenvalue weighted by atomic mass is 35.5. The summed E-state index contributed by atoms with van der Waals surface area (Å²) in [6.07, 6.45) is 1.67. The minimum Gasteiger partial charge on any atom is -0.481 e. The van der Waals surface area contributed by atoms with Crippen LogP contribution in [0.2, 0.25) is 5.02 Å². The van der Waals surface area contributed by atoms with Crippen LogP contribution >= 0.6 is 11.6 Å². The van der Waals surface area contributed by atoms with Crippen molar-refractivity contribution >= 4 is 34.4 Å². The first-order valence-electron chi connectivity index (χ1n) is 10.3. The molecule has 4 rings (SSSR count). The van der Waals surface area contributed by atoms with Crippen molar-refractivity contribution in [2.75, 3.05) is 13.1 Å². The Balaban J connectivity index is 1.51. The van der Waals surface area contributed by atoms with Crippen LogP contribution < -0.4 is 4.74 Å². The average Bonchev–Trinajstić information content (AvgIpc) is 3.20. The van der Waals surface area contributed by atoms with Gasteiger partial charge in [-0.2, -0.15) is 0 Å². The molecular formula is C24H22ClFN2O4. The molecule has 2 heterocycles. The van der Waals surface area contributed by atoms with Crippen LogP contribution in [-0.2, 0) is 9.59 Å². The monoisotopic (exact) mass is 456 g/mol. The van der Waals surface area contributed by atoms with Gasteiger partial charge in [-0.1, -0.05) is 11.6 Å². The number of hydrogen-bond donors (Lipinski definition) is 1. The van der Waals surface area contributed by atoms with E-state index in [9.17, 15) is 14.0 Å². The number of aliphatic carboxylic acids is 1. The summed E-state index contributed by atoms with van der Waals surface area (Å²) in [5.74, 6) is -0.949. The Morgan fingerprint density at radius 2 is 2.06 bits per heavy atom. The van der Waals surface area contributed by atoms with Gasteiger partial charge in [0.05, 0.1) is 10.5 Å². The van der Waals surface area contributed by atoms with Crippen molar-refractivity contribution in [3.05, 3.63) is 59.5 Å².